The molecule has 3 rings (SSSR count). The fraction of sp³-hybridized carbons (Fsp3) is 0.333. The van der Waals surface area contributed by atoms with Gasteiger partial charge in [-0.15, -0.1) is 0 Å². The minimum atomic E-state index is -0.178. The molecule has 6 nitrogen and oxygen atoms in total. The number of hydrogen-bond donors (Lipinski definition) is 3. The summed E-state index contributed by atoms with van der Waals surface area (Å²) in [5.74, 6) is 0.567. The van der Waals surface area contributed by atoms with E-state index < -0.39 is 0 Å². The highest BCUT2D eigenvalue weighted by atomic mass is 79.9. The number of amides is 1. The number of hydrogen-bond acceptors (Lipinski definition) is 4. The van der Waals surface area contributed by atoms with Gasteiger partial charge in [0.05, 0.1) is 7.11 Å². The number of rotatable bonds is 4. The maximum absolute atomic E-state index is 12.4. The second-order valence-electron chi connectivity index (χ2n) is 5.09. The van der Waals surface area contributed by atoms with Crippen LogP contribution in [0, 0.1) is 0 Å². The lowest BCUT2D eigenvalue weighted by Crippen LogP contribution is -2.28. The highest BCUT2D eigenvalue weighted by Gasteiger charge is 2.21. The van der Waals surface area contributed by atoms with Crippen molar-refractivity contribution < 1.29 is 9.53 Å². The van der Waals surface area contributed by atoms with Gasteiger partial charge in [0, 0.05) is 47.3 Å². The number of aromatic nitrogens is 2. The Morgan fingerprint density at radius 2 is 2.36 bits per heavy atom. The molecule has 0 saturated heterocycles. The molecule has 0 spiro atoms. The number of carbonyl (C=O) groups excluding carboxylic acids is 1. The number of carbonyl (C=O) groups is 1. The van der Waals surface area contributed by atoms with Crippen LogP contribution in [0.4, 0.5) is 0 Å². The van der Waals surface area contributed by atoms with Crippen molar-refractivity contribution in [2.75, 3.05) is 13.7 Å². The maximum atomic E-state index is 12.4. The quantitative estimate of drug-likeness (QED) is 0.772. The van der Waals surface area contributed by atoms with E-state index in [-0.39, 0.29) is 5.91 Å². The van der Waals surface area contributed by atoms with Gasteiger partial charge < -0.3 is 15.4 Å². The Hall–Kier alpha value is -1.86. The summed E-state index contributed by atoms with van der Waals surface area (Å²) < 4.78 is 6.25. The summed E-state index contributed by atoms with van der Waals surface area (Å²) in [6, 6.07) is 5.70. The summed E-state index contributed by atoms with van der Waals surface area (Å²) in [5.41, 5.74) is 3.39. The Balaban J connectivity index is 1.73. The lowest BCUT2D eigenvalue weighted by Gasteiger charge is -2.13. The van der Waals surface area contributed by atoms with Crippen molar-refractivity contribution in [2.24, 2.45) is 0 Å². The molecule has 1 aliphatic rings. The van der Waals surface area contributed by atoms with Gasteiger partial charge in [-0.2, -0.15) is 5.10 Å². The number of nitrogens with zero attached hydrogens (tertiary/aromatic N) is 1. The second-order valence-corrected chi connectivity index (χ2v) is 6.01. The van der Waals surface area contributed by atoms with Gasteiger partial charge in [0.1, 0.15) is 5.75 Å². The Morgan fingerprint density at radius 3 is 3.18 bits per heavy atom. The molecule has 22 heavy (non-hydrogen) atoms. The normalized spacial score (nSPS) is 13.5. The Bertz CT molecular complexity index is 699. The van der Waals surface area contributed by atoms with E-state index in [9.17, 15) is 4.79 Å². The summed E-state index contributed by atoms with van der Waals surface area (Å²) in [7, 11) is 1.62. The third-order valence-corrected chi connectivity index (χ3v) is 4.20. The molecule has 3 N–H and O–H groups in total. The van der Waals surface area contributed by atoms with Gasteiger partial charge in [-0.3, -0.25) is 9.89 Å². The van der Waals surface area contributed by atoms with Crippen molar-refractivity contribution in [1.29, 1.82) is 0 Å². The molecule has 1 aliphatic heterocycles. The average molecular weight is 365 g/mol. The summed E-state index contributed by atoms with van der Waals surface area (Å²) >= 11 is 3.43. The Kier molecular flexibility index (Phi) is 4.44. The minimum absolute atomic E-state index is 0.178. The molecule has 0 aliphatic carbocycles. The van der Waals surface area contributed by atoms with Crippen LogP contribution in [-0.2, 0) is 19.5 Å². The van der Waals surface area contributed by atoms with Crippen molar-refractivity contribution in [2.45, 2.75) is 19.5 Å². The van der Waals surface area contributed by atoms with Crippen LogP contribution in [-0.4, -0.2) is 29.8 Å². The van der Waals surface area contributed by atoms with E-state index in [0.29, 0.717) is 18.8 Å². The molecule has 1 amide bonds. The first-order chi connectivity index (χ1) is 10.7. The number of ether oxygens (including phenoxy) is 1. The Labute approximate surface area is 136 Å². The molecule has 0 unspecified atom stereocenters. The van der Waals surface area contributed by atoms with Gasteiger partial charge in [-0.1, -0.05) is 15.9 Å². The maximum Gasteiger partial charge on any atom is 0.272 e. The molecule has 0 bridgehead atoms. The van der Waals surface area contributed by atoms with E-state index >= 15 is 0 Å². The fourth-order valence-electron chi connectivity index (χ4n) is 2.56. The van der Waals surface area contributed by atoms with E-state index in [4.69, 9.17) is 4.74 Å². The zero-order valence-corrected chi connectivity index (χ0v) is 13.8. The first-order valence-corrected chi connectivity index (χ1v) is 7.86. The molecule has 2 aromatic rings. The largest absolute Gasteiger partial charge is 0.496 e. The number of aromatic amines is 1. The monoisotopic (exact) mass is 364 g/mol. The van der Waals surface area contributed by atoms with Gasteiger partial charge in [0.25, 0.3) is 5.91 Å². The summed E-state index contributed by atoms with van der Waals surface area (Å²) in [4.78, 5) is 12.4. The third kappa shape index (κ3) is 3.00. The number of H-pyrrole nitrogens is 1. The van der Waals surface area contributed by atoms with Crippen LogP contribution in [0.25, 0.3) is 0 Å². The number of benzene rings is 1. The van der Waals surface area contributed by atoms with Crippen LogP contribution in [0.3, 0.4) is 0 Å². The number of halogens is 1. The average Bonchev–Trinajstić information content (AvgIpc) is 2.97. The van der Waals surface area contributed by atoms with Gasteiger partial charge in [-0.05, 0) is 18.2 Å². The van der Waals surface area contributed by atoms with Crippen molar-refractivity contribution in [3.05, 3.63) is 45.2 Å². The van der Waals surface area contributed by atoms with Crippen LogP contribution >= 0.6 is 15.9 Å². The second kappa shape index (κ2) is 6.50. The highest BCUT2D eigenvalue weighted by molar-refractivity contribution is 9.10. The SMILES string of the molecule is COc1ccc(Br)cc1CNC(=O)c1n[nH]c2c1CNCC2. The van der Waals surface area contributed by atoms with Gasteiger partial charge in [0.2, 0.25) is 0 Å². The van der Waals surface area contributed by atoms with Gasteiger partial charge in [-0.25, -0.2) is 0 Å². The van der Waals surface area contributed by atoms with Crippen molar-refractivity contribution >= 4 is 21.8 Å². The van der Waals surface area contributed by atoms with E-state index in [2.05, 4.69) is 36.8 Å². The Morgan fingerprint density at radius 1 is 1.50 bits per heavy atom. The smallest absolute Gasteiger partial charge is 0.272 e. The molecule has 1 aromatic carbocycles. The topological polar surface area (TPSA) is 79.0 Å². The first-order valence-electron chi connectivity index (χ1n) is 7.06. The van der Waals surface area contributed by atoms with Crippen LogP contribution < -0.4 is 15.4 Å². The predicted molar refractivity (Wildman–Crippen MR) is 85.9 cm³/mol. The summed E-state index contributed by atoms with van der Waals surface area (Å²) in [6.07, 6.45) is 0.870. The van der Waals surface area contributed by atoms with Crippen LogP contribution in [0.1, 0.15) is 27.3 Å². The number of nitrogens with one attached hydrogen (secondary N) is 3. The molecular weight excluding hydrogens is 348 g/mol. The molecule has 2 heterocycles. The molecule has 1 aromatic heterocycles. The molecule has 0 atom stereocenters. The number of methoxy groups -OCH3 is 1. The van der Waals surface area contributed by atoms with E-state index in [1.807, 2.05) is 18.2 Å². The predicted octanol–water partition coefficient (Wildman–Crippen LogP) is 1.76. The standard InChI is InChI=1S/C15H17BrN4O2/c1-22-13-3-2-10(16)6-9(13)7-18-15(21)14-11-8-17-5-4-12(11)19-20-14/h2-3,6,17H,4-5,7-8H2,1H3,(H,18,21)(H,19,20). The summed E-state index contributed by atoms with van der Waals surface area (Å²) in [6.45, 7) is 1.97. The van der Waals surface area contributed by atoms with Crippen molar-refractivity contribution in [3.8, 4) is 5.75 Å². The molecule has 0 fully saturated rings. The number of fused-ring (bicyclic) bond motifs is 1. The van der Waals surface area contributed by atoms with E-state index in [1.54, 1.807) is 7.11 Å². The van der Waals surface area contributed by atoms with Gasteiger partial charge in [0.15, 0.2) is 5.69 Å². The molecule has 0 saturated carbocycles. The lowest BCUT2D eigenvalue weighted by atomic mass is 10.1. The molecule has 116 valence electrons. The summed E-state index contributed by atoms with van der Waals surface area (Å²) in [5, 5.41) is 13.3. The minimum Gasteiger partial charge on any atom is -0.496 e. The van der Waals surface area contributed by atoms with Crippen LogP contribution in [0.5, 0.6) is 5.75 Å². The zero-order valence-electron chi connectivity index (χ0n) is 12.2. The van der Waals surface area contributed by atoms with E-state index in [1.165, 1.54) is 0 Å². The fourth-order valence-corrected chi connectivity index (χ4v) is 2.97. The van der Waals surface area contributed by atoms with Crippen molar-refractivity contribution in [1.82, 2.24) is 20.8 Å². The molecule has 0 radical (unpaired) electrons. The van der Waals surface area contributed by atoms with Gasteiger partial charge >= 0.3 is 0 Å². The zero-order chi connectivity index (χ0) is 15.5. The van der Waals surface area contributed by atoms with Crippen LogP contribution in [0.15, 0.2) is 22.7 Å². The van der Waals surface area contributed by atoms with Crippen molar-refractivity contribution in [3.63, 3.8) is 0 Å². The first kappa shape index (κ1) is 15.1. The van der Waals surface area contributed by atoms with Crippen LogP contribution in [0.2, 0.25) is 0 Å². The highest BCUT2D eigenvalue weighted by Crippen LogP contribution is 2.23. The molecular formula is C15H17BrN4O2. The van der Waals surface area contributed by atoms with E-state index in [0.717, 1.165) is 40.0 Å². The third-order valence-electron chi connectivity index (χ3n) is 3.70. The lowest BCUT2D eigenvalue weighted by molar-refractivity contribution is 0.0944. The molecule has 7 heteroatoms.